The van der Waals surface area contributed by atoms with Crippen molar-refractivity contribution < 1.29 is 0 Å². The molecule has 3 aliphatic carbocycles. The van der Waals surface area contributed by atoms with Crippen molar-refractivity contribution >= 4 is 38.0 Å². The lowest BCUT2D eigenvalue weighted by Gasteiger charge is -2.32. The van der Waals surface area contributed by atoms with Crippen LogP contribution in [0.2, 0.25) is 0 Å². The zero-order chi connectivity index (χ0) is 38.3. The maximum Gasteiger partial charge on any atom is 0.0737 e. The van der Waals surface area contributed by atoms with E-state index in [4.69, 9.17) is 11.5 Å². The van der Waals surface area contributed by atoms with Gasteiger partial charge in [0.2, 0.25) is 0 Å². The maximum atomic E-state index is 6.72. The van der Waals surface area contributed by atoms with Crippen molar-refractivity contribution in [2.75, 3.05) is 0 Å². The van der Waals surface area contributed by atoms with Gasteiger partial charge in [0, 0.05) is 17.8 Å². The molecule has 0 saturated heterocycles. The Labute approximate surface area is 333 Å². The summed E-state index contributed by atoms with van der Waals surface area (Å²) in [5, 5.41) is 7.71. The Bertz CT molecular complexity index is 3140. The minimum atomic E-state index is -0.488. The van der Waals surface area contributed by atoms with Crippen LogP contribution in [-0.2, 0) is 5.41 Å². The van der Waals surface area contributed by atoms with Gasteiger partial charge >= 0.3 is 0 Å². The summed E-state index contributed by atoms with van der Waals surface area (Å²) < 4.78 is 0. The van der Waals surface area contributed by atoms with E-state index in [1.54, 1.807) is 0 Å². The molecule has 3 aliphatic rings. The molecular formula is C55H40N2. The molecule has 0 fully saturated rings. The van der Waals surface area contributed by atoms with E-state index in [0.29, 0.717) is 6.42 Å². The molecule has 2 heteroatoms. The van der Waals surface area contributed by atoms with Gasteiger partial charge in [-0.1, -0.05) is 170 Å². The molecule has 2 nitrogen and oxygen atoms in total. The molecule has 270 valence electrons. The van der Waals surface area contributed by atoms with E-state index >= 15 is 0 Å². The van der Waals surface area contributed by atoms with Crippen molar-refractivity contribution in [3.63, 3.8) is 0 Å². The highest BCUT2D eigenvalue weighted by molar-refractivity contribution is 6.21. The number of fused-ring (bicyclic) bond motifs is 17. The molecule has 1 spiro atoms. The predicted octanol–water partition coefficient (Wildman–Crippen LogP) is 13.1. The van der Waals surface area contributed by atoms with Crippen LogP contribution >= 0.6 is 0 Å². The topological polar surface area (TPSA) is 52.0 Å². The summed E-state index contributed by atoms with van der Waals surface area (Å²) in [4.78, 5) is 0. The fourth-order valence-electron chi connectivity index (χ4n) is 10.1. The first kappa shape index (κ1) is 33.2. The molecular weight excluding hydrogens is 689 g/mol. The fraction of sp³-hybridized carbons (Fsp3) is 0.0545. The molecule has 0 saturated carbocycles. The normalized spacial score (nSPS) is 15.9. The number of nitrogens with two attached hydrogens (primary N) is 2. The van der Waals surface area contributed by atoms with Crippen LogP contribution in [0.25, 0.3) is 71.4 Å². The van der Waals surface area contributed by atoms with Crippen molar-refractivity contribution in [1.82, 2.24) is 0 Å². The van der Waals surface area contributed by atoms with Gasteiger partial charge in [-0.15, -0.1) is 0 Å². The quantitative estimate of drug-likeness (QED) is 0.177. The number of hydrogen-bond donors (Lipinski definition) is 2. The maximum absolute atomic E-state index is 6.72. The van der Waals surface area contributed by atoms with Gasteiger partial charge in [0.05, 0.1) is 5.41 Å². The van der Waals surface area contributed by atoms with E-state index < -0.39 is 5.41 Å². The SMILES string of the molecule is C/C=C\C1=C(N)C/C(=C\C=C(/N)c2cccc(-c3ccc4c5c(ccc4c3)-c3c(c4ccccc4c4ccccc34)C53c4ccccc4-c4ccccc43)c2)C=C1. The Morgan fingerprint density at radius 2 is 1.25 bits per heavy atom. The molecule has 4 N–H and O–H groups in total. The van der Waals surface area contributed by atoms with Crippen molar-refractivity contribution in [3.05, 3.63) is 233 Å². The zero-order valence-electron chi connectivity index (χ0n) is 31.8. The molecule has 0 aliphatic heterocycles. The van der Waals surface area contributed by atoms with Crippen LogP contribution in [0.15, 0.2) is 205 Å². The van der Waals surface area contributed by atoms with Gasteiger partial charge in [0.1, 0.15) is 0 Å². The van der Waals surface area contributed by atoms with Gasteiger partial charge in [-0.2, -0.15) is 0 Å². The van der Waals surface area contributed by atoms with Gasteiger partial charge in [0.15, 0.2) is 0 Å². The first-order valence-electron chi connectivity index (χ1n) is 19.8. The number of allylic oxidation sites excluding steroid dienone is 8. The average molecular weight is 729 g/mol. The molecule has 0 heterocycles. The lowest BCUT2D eigenvalue weighted by atomic mass is 9.68. The first-order chi connectivity index (χ1) is 28.1. The highest BCUT2D eigenvalue weighted by Crippen LogP contribution is 2.66. The summed E-state index contributed by atoms with van der Waals surface area (Å²) in [5.41, 5.74) is 30.4. The van der Waals surface area contributed by atoms with Gasteiger partial charge in [-0.3, -0.25) is 0 Å². The molecule has 0 amide bonds. The predicted molar refractivity (Wildman–Crippen MR) is 241 cm³/mol. The summed E-state index contributed by atoms with van der Waals surface area (Å²) in [5.74, 6) is 0. The summed E-state index contributed by atoms with van der Waals surface area (Å²) in [6, 6.07) is 56.6. The van der Waals surface area contributed by atoms with Crippen LogP contribution in [0.5, 0.6) is 0 Å². The van der Waals surface area contributed by atoms with E-state index in [-0.39, 0.29) is 0 Å². The van der Waals surface area contributed by atoms with Crippen LogP contribution in [0.1, 0.15) is 41.2 Å². The molecule has 8 aromatic rings. The average Bonchev–Trinajstić information content (AvgIpc) is 3.74. The second kappa shape index (κ2) is 12.7. The van der Waals surface area contributed by atoms with Crippen molar-refractivity contribution in [2.45, 2.75) is 18.8 Å². The zero-order valence-corrected chi connectivity index (χ0v) is 31.8. The lowest BCUT2D eigenvalue weighted by molar-refractivity contribution is 0.809. The monoisotopic (exact) mass is 728 g/mol. The van der Waals surface area contributed by atoms with Gasteiger partial charge in [-0.05, 0) is 130 Å². The Morgan fingerprint density at radius 3 is 1.98 bits per heavy atom. The van der Waals surface area contributed by atoms with Gasteiger partial charge in [-0.25, -0.2) is 0 Å². The molecule has 11 rings (SSSR count). The van der Waals surface area contributed by atoms with E-state index in [2.05, 4.69) is 170 Å². The number of hydrogen-bond acceptors (Lipinski definition) is 2. The molecule has 0 unspecified atom stereocenters. The third kappa shape index (κ3) is 4.77. The van der Waals surface area contributed by atoms with Crippen molar-refractivity contribution in [3.8, 4) is 33.4 Å². The van der Waals surface area contributed by atoms with Crippen LogP contribution < -0.4 is 11.5 Å². The Hall–Kier alpha value is -7.16. The molecule has 0 radical (unpaired) electrons. The summed E-state index contributed by atoms with van der Waals surface area (Å²) in [6.07, 6.45) is 13.0. The molecule has 57 heavy (non-hydrogen) atoms. The van der Waals surface area contributed by atoms with Gasteiger partial charge in [0.25, 0.3) is 0 Å². The highest BCUT2D eigenvalue weighted by atomic mass is 14.6. The summed E-state index contributed by atoms with van der Waals surface area (Å²) in [7, 11) is 0. The third-order valence-electron chi connectivity index (χ3n) is 12.5. The summed E-state index contributed by atoms with van der Waals surface area (Å²) >= 11 is 0. The highest BCUT2D eigenvalue weighted by Gasteiger charge is 2.53. The molecule has 0 bridgehead atoms. The van der Waals surface area contributed by atoms with Crippen molar-refractivity contribution in [2.24, 2.45) is 11.5 Å². The largest absolute Gasteiger partial charge is 0.401 e. The van der Waals surface area contributed by atoms with Crippen LogP contribution in [0, 0.1) is 0 Å². The van der Waals surface area contributed by atoms with Crippen LogP contribution in [0.4, 0.5) is 0 Å². The van der Waals surface area contributed by atoms with Crippen molar-refractivity contribution in [1.29, 1.82) is 0 Å². The Kier molecular flexibility index (Phi) is 7.39. The fourth-order valence-corrected chi connectivity index (χ4v) is 10.1. The standard InChI is InChI=1S/C55H40N2/c1-2-12-35-25-23-34(31-51(35)57)24-30-50(56)39-14-11-13-36(33-39)37-26-28-40-38(32-37)27-29-47-52-45-19-5-3-15-41(45)42-16-4-6-20-46(42)54(52)55(53(40)47)48-21-9-7-17-43(48)44-18-8-10-22-49(44)55/h2-30,32-33H,31,56-57H2,1H3/b12-2-,34-24-,50-30-. The molecule has 8 aromatic carbocycles. The second-order valence-corrected chi connectivity index (χ2v) is 15.5. The Morgan fingerprint density at radius 1 is 0.579 bits per heavy atom. The van der Waals surface area contributed by atoms with E-state index in [9.17, 15) is 0 Å². The third-order valence-corrected chi connectivity index (χ3v) is 12.5. The number of rotatable bonds is 4. The minimum absolute atomic E-state index is 0.488. The van der Waals surface area contributed by atoms with Gasteiger partial charge < -0.3 is 11.5 Å². The summed E-state index contributed by atoms with van der Waals surface area (Å²) in [6.45, 7) is 2.01. The molecule has 0 aromatic heterocycles. The van der Waals surface area contributed by atoms with E-state index in [1.807, 2.05) is 25.2 Å². The molecule has 0 atom stereocenters. The van der Waals surface area contributed by atoms with E-state index in [1.165, 1.54) is 76.8 Å². The first-order valence-corrected chi connectivity index (χ1v) is 19.8. The second-order valence-electron chi connectivity index (χ2n) is 15.5. The lowest BCUT2D eigenvalue weighted by Crippen LogP contribution is -2.26. The van der Waals surface area contributed by atoms with E-state index in [0.717, 1.165) is 39.2 Å². The number of benzene rings is 8. The minimum Gasteiger partial charge on any atom is -0.401 e. The smallest absolute Gasteiger partial charge is 0.0737 e. The van der Waals surface area contributed by atoms with Crippen LogP contribution in [0.3, 0.4) is 0 Å². The Balaban J connectivity index is 1.10. The van der Waals surface area contributed by atoms with Crippen LogP contribution in [-0.4, -0.2) is 0 Å².